The molecule has 5 aromatic heterocycles. The van der Waals surface area contributed by atoms with Crippen molar-refractivity contribution in [3.05, 3.63) is 79.4 Å². The molecule has 0 radical (unpaired) electrons. The highest BCUT2D eigenvalue weighted by Crippen LogP contribution is 2.22. The lowest BCUT2D eigenvalue weighted by Crippen LogP contribution is -1.95. The van der Waals surface area contributed by atoms with Gasteiger partial charge < -0.3 is 0 Å². The fourth-order valence-corrected chi connectivity index (χ4v) is 2.95. The minimum Gasteiger partial charge on any atom is -0.298 e. The van der Waals surface area contributed by atoms with E-state index in [9.17, 15) is 0 Å². The van der Waals surface area contributed by atoms with Gasteiger partial charge in [0.15, 0.2) is 11.6 Å². The molecule has 0 aromatic carbocycles. The van der Waals surface area contributed by atoms with Gasteiger partial charge in [-0.25, -0.2) is 15.0 Å². The Morgan fingerprint density at radius 1 is 0.583 bits per heavy atom. The predicted octanol–water partition coefficient (Wildman–Crippen LogP) is 3.71. The number of rotatable bonds is 2. The van der Waals surface area contributed by atoms with Gasteiger partial charge in [-0.2, -0.15) is 0 Å². The number of imidazole rings is 2. The Kier molecular flexibility index (Phi) is 2.72. The fraction of sp³-hybridized carbons (Fsp3) is 0. The largest absolute Gasteiger partial charge is 0.298 e. The monoisotopic (exact) mass is 311 g/mol. The summed E-state index contributed by atoms with van der Waals surface area (Å²) in [6.45, 7) is 0. The van der Waals surface area contributed by atoms with Crippen LogP contribution in [-0.4, -0.2) is 23.8 Å². The minimum atomic E-state index is 0.825. The second kappa shape index (κ2) is 5.03. The van der Waals surface area contributed by atoms with Crippen LogP contribution in [0.3, 0.4) is 0 Å². The van der Waals surface area contributed by atoms with E-state index < -0.39 is 0 Å². The third-order valence-corrected chi connectivity index (χ3v) is 4.08. The Bertz CT molecular complexity index is 1080. The molecule has 5 rings (SSSR count). The highest BCUT2D eigenvalue weighted by atomic mass is 15.1. The molecule has 24 heavy (non-hydrogen) atoms. The molecular weight excluding hydrogens is 298 g/mol. The first-order chi connectivity index (χ1) is 11.9. The molecule has 0 atom stereocenters. The summed E-state index contributed by atoms with van der Waals surface area (Å²) >= 11 is 0. The molecular formula is C19H13N5. The smallest absolute Gasteiger partial charge is 0.163 e. The second-order valence-corrected chi connectivity index (χ2v) is 5.56. The second-order valence-electron chi connectivity index (χ2n) is 5.56. The van der Waals surface area contributed by atoms with Crippen LogP contribution in [0.4, 0.5) is 0 Å². The zero-order chi connectivity index (χ0) is 15.9. The summed E-state index contributed by atoms with van der Waals surface area (Å²) in [5.74, 6) is 1.65. The Morgan fingerprint density at radius 3 is 1.67 bits per heavy atom. The topological polar surface area (TPSA) is 47.5 Å². The first-order valence-electron chi connectivity index (χ1n) is 7.72. The van der Waals surface area contributed by atoms with E-state index in [4.69, 9.17) is 4.98 Å². The molecule has 0 unspecified atom stereocenters. The molecule has 114 valence electrons. The maximum Gasteiger partial charge on any atom is 0.163 e. The number of nitrogens with zero attached hydrogens (tertiary/aromatic N) is 5. The van der Waals surface area contributed by atoms with Gasteiger partial charge in [0.05, 0.1) is 23.4 Å². The average molecular weight is 311 g/mol. The molecule has 5 heteroatoms. The molecule has 0 bridgehead atoms. The summed E-state index contributed by atoms with van der Waals surface area (Å²) in [4.78, 5) is 13.8. The van der Waals surface area contributed by atoms with E-state index in [2.05, 4.69) is 9.97 Å². The van der Waals surface area contributed by atoms with Crippen LogP contribution in [-0.2, 0) is 0 Å². The van der Waals surface area contributed by atoms with Crippen LogP contribution in [0.25, 0.3) is 34.1 Å². The van der Waals surface area contributed by atoms with Gasteiger partial charge in [-0.15, -0.1) is 0 Å². The molecule has 0 saturated heterocycles. The Hall–Kier alpha value is -3.47. The Balaban J connectivity index is 1.69. The maximum atomic E-state index is 4.79. The van der Waals surface area contributed by atoms with E-state index in [0.717, 1.165) is 34.1 Å². The zero-order valence-electron chi connectivity index (χ0n) is 12.7. The maximum absolute atomic E-state index is 4.79. The van der Waals surface area contributed by atoms with Crippen LogP contribution in [0.15, 0.2) is 79.4 Å². The van der Waals surface area contributed by atoms with E-state index in [0.29, 0.717) is 0 Å². The summed E-state index contributed by atoms with van der Waals surface area (Å²) in [5.41, 5.74) is 3.75. The highest BCUT2D eigenvalue weighted by molar-refractivity contribution is 5.64. The van der Waals surface area contributed by atoms with E-state index in [1.807, 2.05) is 88.2 Å². The van der Waals surface area contributed by atoms with Crippen molar-refractivity contribution in [1.29, 1.82) is 0 Å². The number of hydrogen-bond acceptors (Lipinski definition) is 3. The zero-order valence-corrected chi connectivity index (χ0v) is 12.7. The lowest BCUT2D eigenvalue weighted by molar-refractivity contribution is 1.10. The van der Waals surface area contributed by atoms with Gasteiger partial charge in [0, 0.05) is 12.4 Å². The molecule has 0 N–H and O–H groups in total. The SMILES string of the molecule is c1cc(-c2ncc3ccccn23)nc(-c2ncc3ccccn23)c1. The molecule has 0 fully saturated rings. The van der Waals surface area contributed by atoms with Crippen LogP contribution in [0.1, 0.15) is 0 Å². The summed E-state index contributed by atoms with van der Waals surface area (Å²) in [6, 6.07) is 18.0. The van der Waals surface area contributed by atoms with Crippen molar-refractivity contribution in [3.63, 3.8) is 0 Å². The minimum absolute atomic E-state index is 0.825. The van der Waals surface area contributed by atoms with Crippen molar-refractivity contribution in [2.75, 3.05) is 0 Å². The van der Waals surface area contributed by atoms with Crippen molar-refractivity contribution in [2.45, 2.75) is 0 Å². The van der Waals surface area contributed by atoms with Gasteiger partial charge in [-0.1, -0.05) is 18.2 Å². The Morgan fingerprint density at radius 2 is 1.12 bits per heavy atom. The normalized spacial score (nSPS) is 11.3. The van der Waals surface area contributed by atoms with Gasteiger partial charge in [0.2, 0.25) is 0 Å². The molecule has 0 aliphatic rings. The molecule has 5 nitrogen and oxygen atoms in total. The van der Waals surface area contributed by atoms with E-state index >= 15 is 0 Å². The molecule has 0 spiro atoms. The van der Waals surface area contributed by atoms with Gasteiger partial charge in [-0.3, -0.25) is 8.80 Å². The summed E-state index contributed by atoms with van der Waals surface area (Å²) < 4.78 is 4.07. The summed E-state index contributed by atoms with van der Waals surface area (Å²) in [5, 5.41) is 0. The lowest BCUT2D eigenvalue weighted by atomic mass is 10.2. The molecule has 5 aromatic rings. The average Bonchev–Trinajstić information content (AvgIpc) is 3.26. The third-order valence-electron chi connectivity index (χ3n) is 4.08. The van der Waals surface area contributed by atoms with Crippen LogP contribution >= 0.6 is 0 Å². The van der Waals surface area contributed by atoms with Crippen LogP contribution in [0.5, 0.6) is 0 Å². The van der Waals surface area contributed by atoms with Gasteiger partial charge in [0.25, 0.3) is 0 Å². The van der Waals surface area contributed by atoms with E-state index in [1.165, 1.54) is 0 Å². The van der Waals surface area contributed by atoms with Crippen molar-refractivity contribution in [1.82, 2.24) is 23.8 Å². The van der Waals surface area contributed by atoms with Gasteiger partial charge in [0.1, 0.15) is 11.4 Å². The van der Waals surface area contributed by atoms with E-state index in [1.54, 1.807) is 0 Å². The summed E-state index contributed by atoms with van der Waals surface area (Å²) in [6.07, 6.45) is 7.71. The summed E-state index contributed by atoms with van der Waals surface area (Å²) in [7, 11) is 0. The van der Waals surface area contributed by atoms with Crippen molar-refractivity contribution < 1.29 is 0 Å². The quantitative estimate of drug-likeness (QED) is 0.499. The number of fused-ring (bicyclic) bond motifs is 2. The fourth-order valence-electron chi connectivity index (χ4n) is 2.95. The van der Waals surface area contributed by atoms with Crippen LogP contribution in [0.2, 0.25) is 0 Å². The molecule has 5 heterocycles. The first-order valence-corrected chi connectivity index (χ1v) is 7.72. The van der Waals surface area contributed by atoms with Crippen LogP contribution in [0, 0.1) is 0 Å². The predicted molar refractivity (Wildman–Crippen MR) is 92.6 cm³/mol. The van der Waals surface area contributed by atoms with Crippen molar-refractivity contribution >= 4 is 11.0 Å². The van der Waals surface area contributed by atoms with Crippen LogP contribution < -0.4 is 0 Å². The first kappa shape index (κ1) is 13.0. The third kappa shape index (κ3) is 1.91. The Labute approximate surface area is 137 Å². The van der Waals surface area contributed by atoms with E-state index in [-0.39, 0.29) is 0 Å². The molecule has 0 amide bonds. The van der Waals surface area contributed by atoms with Gasteiger partial charge >= 0.3 is 0 Å². The standard InChI is InChI=1S/C19H13N5/c1-3-10-23-14(6-1)12-20-18(23)16-8-5-9-17(22-16)19-21-13-15-7-2-4-11-24(15)19/h1-13H. The van der Waals surface area contributed by atoms with Crippen molar-refractivity contribution in [2.24, 2.45) is 0 Å². The number of aromatic nitrogens is 5. The number of pyridine rings is 3. The van der Waals surface area contributed by atoms with Gasteiger partial charge in [-0.05, 0) is 36.4 Å². The molecule has 0 aliphatic heterocycles. The lowest BCUT2D eigenvalue weighted by Gasteiger charge is -2.04. The van der Waals surface area contributed by atoms with Crippen molar-refractivity contribution in [3.8, 4) is 23.0 Å². The highest BCUT2D eigenvalue weighted by Gasteiger charge is 2.11. The molecule has 0 saturated carbocycles. The number of hydrogen-bond donors (Lipinski definition) is 0. The molecule has 0 aliphatic carbocycles.